The average Bonchev–Trinajstić information content (AvgIpc) is 3.21. The standard InChI is InChI=1S/C17H23N3O2/c1-11-4-2-3-5-16(11)22-13-9-20(10-13)17(21)15-8-14(18-19-15)12-6-7-12/h2-5,12-15,18-19H,6-10H2,1H3. The van der Waals surface area contributed by atoms with Crippen LogP contribution in [0.5, 0.6) is 5.75 Å². The Morgan fingerprint density at radius 2 is 2.00 bits per heavy atom. The van der Waals surface area contributed by atoms with E-state index in [4.69, 9.17) is 4.74 Å². The van der Waals surface area contributed by atoms with Crippen molar-refractivity contribution >= 4 is 5.91 Å². The summed E-state index contributed by atoms with van der Waals surface area (Å²) >= 11 is 0. The van der Waals surface area contributed by atoms with Crippen molar-refractivity contribution < 1.29 is 9.53 Å². The molecule has 3 fully saturated rings. The van der Waals surface area contributed by atoms with Crippen LogP contribution in [0.2, 0.25) is 0 Å². The Morgan fingerprint density at radius 1 is 1.23 bits per heavy atom. The van der Waals surface area contributed by atoms with Gasteiger partial charge in [-0.15, -0.1) is 0 Å². The van der Waals surface area contributed by atoms with Gasteiger partial charge in [-0.3, -0.25) is 10.2 Å². The van der Waals surface area contributed by atoms with Crippen molar-refractivity contribution in [2.75, 3.05) is 13.1 Å². The lowest BCUT2D eigenvalue weighted by atomic mass is 10.0. The molecule has 1 aliphatic carbocycles. The Hall–Kier alpha value is -1.59. The molecular formula is C17H23N3O2. The van der Waals surface area contributed by atoms with Crippen LogP contribution in [0.15, 0.2) is 24.3 Å². The highest BCUT2D eigenvalue weighted by molar-refractivity contribution is 5.83. The minimum Gasteiger partial charge on any atom is -0.486 e. The van der Waals surface area contributed by atoms with E-state index in [0.29, 0.717) is 19.1 Å². The zero-order valence-corrected chi connectivity index (χ0v) is 12.9. The third-order valence-corrected chi connectivity index (χ3v) is 4.97. The van der Waals surface area contributed by atoms with Crippen molar-refractivity contribution in [1.82, 2.24) is 15.8 Å². The van der Waals surface area contributed by atoms with Crippen LogP contribution in [0.4, 0.5) is 0 Å². The number of carbonyl (C=O) groups is 1. The molecule has 0 spiro atoms. The van der Waals surface area contributed by atoms with Crippen molar-refractivity contribution in [2.24, 2.45) is 5.92 Å². The van der Waals surface area contributed by atoms with Crippen LogP contribution in [-0.2, 0) is 4.79 Å². The molecule has 5 nitrogen and oxygen atoms in total. The molecule has 2 aliphatic heterocycles. The summed E-state index contributed by atoms with van der Waals surface area (Å²) in [4.78, 5) is 14.3. The summed E-state index contributed by atoms with van der Waals surface area (Å²) in [6, 6.07) is 8.44. The topological polar surface area (TPSA) is 53.6 Å². The number of aryl methyl sites for hydroxylation is 1. The second kappa shape index (κ2) is 5.56. The van der Waals surface area contributed by atoms with Crippen LogP contribution in [0.25, 0.3) is 0 Å². The normalized spacial score (nSPS) is 28.5. The molecular weight excluding hydrogens is 278 g/mol. The molecule has 22 heavy (non-hydrogen) atoms. The Balaban J connectivity index is 1.26. The monoisotopic (exact) mass is 301 g/mol. The number of hydrazine groups is 1. The third-order valence-electron chi connectivity index (χ3n) is 4.97. The number of likely N-dealkylation sites (tertiary alicyclic amines) is 1. The maximum absolute atomic E-state index is 12.4. The van der Waals surface area contributed by atoms with Crippen LogP contribution < -0.4 is 15.6 Å². The van der Waals surface area contributed by atoms with E-state index in [1.165, 1.54) is 12.8 Å². The van der Waals surface area contributed by atoms with Crippen molar-refractivity contribution in [3.05, 3.63) is 29.8 Å². The minimum absolute atomic E-state index is 0.0648. The maximum Gasteiger partial charge on any atom is 0.241 e. The molecule has 1 saturated carbocycles. The molecule has 1 aromatic carbocycles. The van der Waals surface area contributed by atoms with Crippen molar-refractivity contribution in [1.29, 1.82) is 0 Å². The molecule has 2 heterocycles. The van der Waals surface area contributed by atoms with Gasteiger partial charge < -0.3 is 9.64 Å². The fourth-order valence-corrected chi connectivity index (χ4v) is 3.33. The van der Waals surface area contributed by atoms with E-state index < -0.39 is 0 Å². The van der Waals surface area contributed by atoms with E-state index in [1.54, 1.807) is 0 Å². The smallest absolute Gasteiger partial charge is 0.241 e. The van der Waals surface area contributed by atoms with Gasteiger partial charge in [0.25, 0.3) is 0 Å². The molecule has 0 bridgehead atoms. The third kappa shape index (κ3) is 2.71. The van der Waals surface area contributed by atoms with E-state index in [1.807, 2.05) is 36.1 Å². The van der Waals surface area contributed by atoms with E-state index in [0.717, 1.165) is 23.7 Å². The van der Waals surface area contributed by atoms with E-state index in [2.05, 4.69) is 10.9 Å². The lowest BCUT2D eigenvalue weighted by Gasteiger charge is -2.40. The largest absolute Gasteiger partial charge is 0.486 e. The Bertz CT molecular complexity index is 567. The molecule has 3 aliphatic rings. The minimum atomic E-state index is -0.0648. The van der Waals surface area contributed by atoms with Crippen LogP contribution >= 0.6 is 0 Å². The molecule has 2 atom stereocenters. The molecule has 118 valence electrons. The first-order chi connectivity index (χ1) is 10.7. The van der Waals surface area contributed by atoms with E-state index >= 15 is 0 Å². The van der Waals surface area contributed by atoms with Gasteiger partial charge in [0, 0.05) is 6.04 Å². The number of ether oxygens (including phenoxy) is 1. The second-order valence-electron chi connectivity index (χ2n) is 6.77. The van der Waals surface area contributed by atoms with Crippen LogP contribution in [0.1, 0.15) is 24.8 Å². The second-order valence-corrected chi connectivity index (χ2v) is 6.77. The Kier molecular flexibility index (Phi) is 3.54. The highest BCUT2D eigenvalue weighted by Crippen LogP contribution is 2.36. The van der Waals surface area contributed by atoms with Crippen LogP contribution in [-0.4, -0.2) is 42.1 Å². The number of hydrogen-bond acceptors (Lipinski definition) is 4. The molecule has 4 rings (SSSR count). The number of para-hydroxylation sites is 1. The van der Waals surface area contributed by atoms with E-state index in [9.17, 15) is 4.79 Å². The molecule has 0 aromatic heterocycles. The van der Waals surface area contributed by atoms with Crippen molar-refractivity contribution in [3.8, 4) is 5.75 Å². The Morgan fingerprint density at radius 3 is 2.73 bits per heavy atom. The number of hydrogen-bond donors (Lipinski definition) is 2. The summed E-state index contributed by atoms with van der Waals surface area (Å²) in [7, 11) is 0. The zero-order chi connectivity index (χ0) is 15.1. The van der Waals surface area contributed by atoms with Crippen LogP contribution in [0.3, 0.4) is 0 Å². The molecule has 5 heteroatoms. The predicted molar refractivity (Wildman–Crippen MR) is 83.4 cm³/mol. The molecule has 0 radical (unpaired) electrons. The number of rotatable bonds is 4. The van der Waals surface area contributed by atoms with Crippen LogP contribution in [0, 0.1) is 12.8 Å². The van der Waals surface area contributed by atoms with Crippen molar-refractivity contribution in [2.45, 2.75) is 44.4 Å². The molecule has 1 aromatic rings. The zero-order valence-electron chi connectivity index (χ0n) is 12.9. The summed E-state index contributed by atoms with van der Waals surface area (Å²) in [6.45, 7) is 3.43. The van der Waals surface area contributed by atoms with Gasteiger partial charge in [-0.25, -0.2) is 5.43 Å². The summed E-state index contributed by atoms with van der Waals surface area (Å²) in [6.07, 6.45) is 3.65. The number of carbonyl (C=O) groups excluding carboxylic acids is 1. The first kappa shape index (κ1) is 14.0. The summed E-state index contributed by atoms with van der Waals surface area (Å²) in [5.74, 6) is 1.91. The van der Waals surface area contributed by atoms with Gasteiger partial charge in [0.05, 0.1) is 13.1 Å². The Labute approximate surface area is 131 Å². The SMILES string of the molecule is Cc1ccccc1OC1CN(C(=O)C2CC(C3CC3)NN2)C1. The summed E-state index contributed by atoms with van der Waals surface area (Å²) in [5.41, 5.74) is 7.59. The van der Waals surface area contributed by atoms with E-state index in [-0.39, 0.29) is 18.1 Å². The van der Waals surface area contributed by atoms with Gasteiger partial charge in [-0.1, -0.05) is 18.2 Å². The highest BCUT2D eigenvalue weighted by Gasteiger charge is 2.42. The summed E-state index contributed by atoms with van der Waals surface area (Å²) < 4.78 is 5.96. The molecule has 2 unspecified atom stereocenters. The number of nitrogens with one attached hydrogen (secondary N) is 2. The number of nitrogens with zero attached hydrogens (tertiary/aromatic N) is 1. The van der Waals surface area contributed by atoms with Gasteiger partial charge in [0.1, 0.15) is 17.9 Å². The first-order valence-corrected chi connectivity index (χ1v) is 8.23. The quantitative estimate of drug-likeness (QED) is 0.878. The highest BCUT2D eigenvalue weighted by atomic mass is 16.5. The average molecular weight is 301 g/mol. The fraction of sp³-hybridized carbons (Fsp3) is 0.588. The number of benzene rings is 1. The van der Waals surface area contributed by atoms with Gasteiger partial charge in [0.2, 0.25) is 5.91 Å². The predicted octanol–water partition coefficient (Wildman–Crippen LogP) is 1.23. The van der Waals surface area contributed by atoms with Crippen molar-refractivity contribution in [3.63, 3.8) is 0 Å². The van der Waals surface area contributed by atoms with Gasteiger partial charge in [0.15, 0.2) is 0 Å². The molecule has 2 N–H and O–H groups in total. The lowest BCUT2D eigenvalue weighted by molar-refractivity contribution is -0.142. The van der Waals surface area contributed by atoms with Gasteiger partial charge in [-0.05, 0) is 43.7 Å². The molecule has 2 saturated heterocycles. The fourth-order valence-electron chi connectivity index (χ4n) is 3.33. The summed E-state index contributed by atoms with van der Waals surface area (Å²) in [5, 5.41) is 0. The van der Waals surface area contributed by atoms with Gasteiger partial charge in [-0.2, -0.15) is 0 Å². The molecule has 1 amide bonds. The van der Waals surface area contributed by atoms with Gasteiger partial charge >= 0.3 is 0 Å². The first-order valence-electron chi connectivity index (χ1n) is 8.23. The number of amides is 1. The lowest BCUT2D eigenvalue weighted by Crippen LogP contribution is -2.60. The maximum atomic E-state index is 12.4.